The number of hydrogen-bond donors (Lipinski definition) is 1. The summed E-state index contributed by atoms with van der Waals surface area (Å²) in [5, 5.41) is 4.07. The van der Waals surface area contributed by atoms with E-state index in [9.17, 15) is 13.2 Å². The van der Waals surface area contributed by atoms with E-state index in [1.807, 2.05) is 59.8 Å². The summed E-state index contributed by atoms with van der Waals surface area (Å²) in [6.07, 6.45) is 1.43. The molecule has 0 atom stereocenters. The summed E-state index contributed by atoms with van der Waals surface area (Å²) in [4.78, 5) is 12.9. The average molecular weight is 701 g/mol. The minimum atomic E-state index is -4.07. The fourth-order valence-corrected chi connectivity index (χ4v) is 5.62. The SMILES string of the molecule is CCOc1cc(C(=O)N/N=C/c2cc(I)c(OS(=O)(=O)c3ccccc3)c(OCC)c2)ccc1OCc1ccccc1. The summed E-state index contributed by atoms with van der Waals surface area (Å²) < 4.78 is 48.8. The molecule has 0 aromatic heterocycles. The fourth-order valence-electron chi connectivity index (χ4n) is 3.75. The Labute approximate surface area is 258 Å². The molecule has 0 radical (unpaired) electrons. The van der Waals surface area contributed by atoms with Crippen molar-refractivity contribution in [3.05, 3.63) is 111 Å². The van der Waals surface area contributed by atoms with Gasteiger partial charge in [0, 0.05) is 5.56 Å². The second kappa shape index (κ2) is 14.7. The van der Waals surface area contributed by atoms with E-state index in [-0.39, 0.29) is 23.0 Å². The van der Waals surface area contributed by atoms with Crippen LogP contribution >= 0.6 is 22.6 Å². The normalized spacial score (nSPS) is 11.2. The summed E-state index contributed by atoms with van der Waals surface area (Å²) in [6, 6.07) is 25.8. The molecule has 0 heterocycles. The van der Waals surface area contributed by atoms with Crippen molar-refractivity contribution in [1.82, 2.24) is 5.43 Å². The van der Waals surface area contributed by atoms with Gasteiger partial charge in [-0.1, -0.05) is 48.5 Å². The van der Waals surface area contributed by atoms with Crippen molar-refractivity contribution in [3.8, 4) is 23.0 Å². The van der Waals surface area contributed by atoms with Crippen LogP contribution in [-0.2, 0) is 16.7 Å². The van der Waals surface area contributed by atoms with Gasteiger partial charge in [-0.05, 0) is 90.0 Å². The third-order valence-corrected chi connectivity index (χ3v) is 7.72. The lowest BCUT2D eigenvalue weighted by Gasteiger charge is -2.14. The Balaban J connectivity index is 1.47. The molecular weight excluding hydrogens is 671 g/mol. The lowest BCUT2D eigenvalue weighted by molar-refractivity contribution is 0.0954. The number of amides is 1. The van der Waals surface area contributed by atoms with E-state index < -0.39 is 16.0 Å². The summed E-state index contributed by atoms with van der Waals surface area (Å²) in [5.41, 5.74) is 4.41. The molecule has 0 spiro atoms. The van der Waals surface area contributed by atoms with Crippen molar-refractivity contribution >= 4 is 44.8 Å². The van der Waals surface area contributed by atoms with E-state index in [2.05, 4.69) is 10.5 Å². The molecule has 4 aromatic rings. The molecule has 0 aliphatic carbocycles. The topological polar surface area (TPSA) is 113 Å². The highest BCUT2D eigenvalue weighted by Gasteiger charge is 2.22. The second-order valence-corrected chi connectivity index (χ2v) is 11.4. The summed E-state index contributed by atoms with van der Waals surface area (Å²) >= 11 is 1.97. The van der Waals surface area contributed by atoms with Gasteiger partial charge in [0.1, 0.15) is 11.5 Å². The predicted octanol–water partition coefficient (Wildman–Crippen LogP) is 6.20. The number of nitrogens with one attached hydrogen (secondary N) is 1. The Morgan fingerprint density at radius 2 is 1.50 bits per heavy atom. The Kier molecular flexibility index (Phi) is 10.8. The first-order valence-corrected chi connectivity index (χ1v) is 15.5. The molecule has 4 rings (SSSR count). The van der Waals surface area contributed by atoms with E-state index >= 15 is 0 Å². The monoisotopic (exact) mass is 700 g/mol. The van der Waals surface area contributed by atoms with Gasteiger partial charge in [0.25, 0.3) is 5.91 Å². The number of hydrogen-bond acceptors (Lipinski definition) is 8. The van der Waals surface area contributed by atoms with E-state index in [4.69, 9.17) is 18.4 Å². The van der Waals surface area contributed by atoms with Gasteiger partial charge in [-0.15, -0.1) is 0 Å². The molecular formula is C31H29IN2O7S. The van der Waals surface area contributed by atoms with Crippen LogP contribution in [0, 0.1) is 3.57 Å². The average Bonchev–Trinajstić information content (AvgIpc) is 2.99. The number of halogens is 1. The molecule has 0 fully saturated rings. The minimum absolute atomic E-state index is 0.0277. The largest absolute Gasteiger partial charge is 0.490 e. The third-order valence-electron chi connectivity index (χ3n) is 5.68. The quantitative estimate of drug-likeness (QED) is 0.0766. The maximum atomic E-state index is 12.8. The highest BCUT2D eigenvalue weighted by molar-refractivity contribution is 14.1. The van der Waals surface area contributed by atoms with Crippen LogP contribution in [0.2, 0.25) is 0 Å². The molecule has 1 N–H and O–H groups in total. The number of carbonyl (C=O) groups excluding carboxylic acids is 1. The first-order chi connectivity index (χ1) is 20.3. The lowest BCUT2D eigenvalue weighted by Crippen LogP contribution is -2.18. The number of ether oxygens (including phenoxy) is 3. The number of nitrogens with zero attached hydrogens (tertiary/aromatic N) is 1. The fraction of sp³-hybridized carbons (Fsp3) is 0.161. The van der Waals surface area contributed by atoms with Gasteiger partial charge >= 0.3 is 10.1 Å². The van der Waals surface area contributed by atoms with Crippen LogP contribution in [0.15, 0.2) is 101 Å². The van der Waals surface area contributed by atoms with Gasteiger partial charge in [-0.2, -0.15) is 13.5 Å². The van der Waals surface area contributed by atoms with E-state index in [0.29, 0.717) is 39.4 Å². The van der Waals surface area contributed by atoms with Gasteiger partial charge in [-0.3, -0.25) is 4.79 Å². The Bertz CT molecular complexity index is 1650. The molecule has 0 aliphatic rings. The first kappa shape index (κ1) is 30.8. The van der Waals surface area contributed by atoms with Crippen molar-refractivity contribution in [2.24, 2.45) is 5.10 Å². The second-order valence-electron chi connectivity index (χ2n) is 8.68. The number of rotatable bonds is 13. The van der Waals surface area contributed by atoms with E-state index in [0.717, 1.165) is 5.56 Å². The zero-order chi connectivity index (χ0) is 30.0. The third kappa shape index (κ3) is 8.23. The van der Waals surface area contributed by atoms with Crippen LogP contribution < -0.4 is 23.8 Å². The van der Waals surface area contributed by atoms with E-state index in [1.54, 1.807) is 55.5 Å². The summed E-state index contributed by atoms with van der Waals surface area (Å²) in [7, 11) is -4.07. The highest BCUT2D eigenvalue weighted by atomic mass is 127. The number of hydrazone groups is 1. The predicted molar refractivity (Wildman–Crippen MR) is 168 cm³/mol. The van der Waals surface area contributed by atoms with Gasteiger partial charge < -0.3 is 18.4 Å². The molecule has 1 amide bonds. The molecule has 4 aromatic carbocycles. The molecule has 0 saturated carbocycles. The molecule has 9 nitrogen and oxygen atoms in total. The van der Waals surface area contributed by atoms with Crippen LogP contribution in [0.25, 0.3) is 0 Å². The van der Waals surface area contributed by atoms with E-state index in [1.165, 1.54) is 18.3 Å². The summed E-state index contributed by atoms with van der Waals surface area (Å²) in [6.45, 7) is 4.67. The zero-order valence-electron chi connectivity index (χ0n) is 23.0. The molecule has 42 heavy (non-hydrogen) atoms. The summed E-state index contributed by atoms with van der Waals surface area (Å²) in [5.74, 6) is 0.817. The highest BCUT2D eigenvalue weighted by Crippen LogP contribution is 2.36. The molecule has 0 unspecified atom stereocenters. The van der Waals surface area contributed by atoms with Crippen LogP contribution in [0.3, 0.4) is 0 Å². The molecule has 0 saturated heterocycles. The van der Waals surface area contributed by atoms with Gasteiger partial charge in [-0.25, -0.2) is 5.43 Å². The van der Waals surface area contributed by atoms with Crippen molar-refractivity contribution in [2.45, 2.75) is 25.3 Å². The van der Waals surface area contributed by atoms with Gasteiger partial charge in [0.05, 0.1) is 23.0 Å². The van der Waals surface area contributed by atoms with Crippen molar-refractivity contribution in [1.29, 1.82) is 0 Å². The molecule has 218 valence electrons. The smallest absolute Gasteiger partial charge is 0.339 e. The minimum Gasteiger partial charge on any atom is -0.490 e. The number of carbonyl (C=O) groups is 1. The molecule has 11 heteroatoms. The van der Waals surface area contributed by atoms with Gasteiger partial charge in [0.15, 0.2) is 23.0 Å². The van der Waals surface area contributed by atoms with Crippen molar-refractivity contribution in [2.75, 3.05) is 13.2 Å². The molecule has 0 bridgehead atoms. The molecule has 0 aliphatic heterocycles. The van der Waals surface area contributed by atoms with Crippen LogP contribution in [0.1, 0.15) is 35.3 Å². The zero-order valence-corrected chi connectivity index (χ0v) is 25.9. The van der Waals surface area contributed by atoms with Gasteiger partial charge in [0.2, 0.25) is 0 Å². The maximum absolute atomic E-state index is 12.8. The Morgan fingerprint density at radius 1 is 0.833 bits per heavy atom. The van der Waals surface area contributed by atoms with Crippen LogP contribution in [0.5, 0.6) is 23.0 Å². The number of benzene rings is 4. The van der Waals surface area contributed by atoms with Crippen LogP contribution in [0.4, 0.5) is 0 Å². The van der Waals surface area contributed by atoms with Crippen molar-refractivity contribution in [3.63, 3.8) is 0 Å². The van der Waals surface area contributed by atoms with Crippen molar-refractivity contribution < 1.29 is 31.6 Å². The Morgan fingerprint density at radius 3 is 2.19 bits per heavy atom. The lowest BCUT2D eigenvalue weighted by atomic mass is 10.2. The maximum Gasteiger partial charge on any atom is 0.339 e. The standard InChI is InChI=1S/C31H29IN2O7S/c1-3-38-28-19-24(15-16-27(28)40-21-22-11-7-5-8-12-22)31(35)34-33-20-23-17-26(32)30(29(18-23)39-4-2)41-42(36,37)25-13-9-6-10-14-25/h5-20H,3-4,21H2,1-2H3,(H,34,35)/b33-20+. The van der Waals surface area contributed by atoms with Crippen LogP contribution in [-0.4, -0.2) is 33.8 Å². The first-order valence-electron chi connectivity index (χ1n) is 13.0. The Hall–Kier alpha value is -4.10.